The molecule has 23 nitrogen and oxygen atoms in total. The lowest BCUT2D eigenvalue weighted by atomic mass is 10.1. The van der Waals surface area contributed by atoms with Crippen LogP contribution in [0.3, 0.4) is 0 Å². The molecule has 7 aliphatic rings. The van der Waals surface area contributed by atoms with Crippen LogP contribution in [0.5, 0.6) is 0 Å². The number of hydrogen-bond donors (Lipinski definition) is 0. The molecule has 0 aromatic heterocycles. The topological polar surface area (TPSA) is 228 Å². The van der Waals surface area contributed by atoms with Gasteiger partial charge in [0, 0.05) is 38.5 Å². The maximum absolute atomic E-state index is 13.2. The number of fused-ring (bicyclic) bond motifs is 1. The molecule has 440 valence electrons. The van der Waals surface area contributed by atoms with Crippen LogP contribution in [0.25, 0.3) is 0 Å². The number of alkyl halides is 7. The number of hydrogen-bond acceptors (Lipinski definition) is 23. The van der Waals surface area contributed by atoms with Gasteiger partial charge in [-0.05, 0) is 122 Å². The van der Waals surface area contributed by atoms with Gasteiger partial charge in [-0.15, -0.1) is 81.2 Å². The molecule has 1 aromatic rings. The van der Waals surface area contributed by atoms with E-state index < -0.39 is 151 Å². The zero-order valence-electron chi connectivity index (χ0n) is 45.2. The van der Waals surface area contributed by atoms with Crippen molar-refractivity contribution in [2.75, 3.05) is 38.5 Å². The van der Waals surface area contributed by atoms with E-state index in [-0.39, 0.29) is 49.6 Å². The molecule has 0 saturated carbocycles. The Morgan fingerprint density at radius 1 is 0.325 bits per heavy atom. The highest BCUT2D eigenvalue weighted by atomic mass is 35.5. The van der Waals surface area contributed by atoms with Crippen molar-refractivity contribution in [2.45, 2.75) is 105 Å². The predicted molar refractivity (Wildman–Crippen MR) is 318 cm³/mol. The Morgan fingerprint density at radius 2 is 0.519 bits per heavy atom. The van der Waals surface area contributed by atoms with Gasteiger partial charge in [0.25, 0.3) is 0 Å². The van der Waals surface area contributed by atoms with Crippen LogP contribution in [0, 0.1) is 0 Å². The van der Waals surface area contributed by atoms with Gasteiger partial charge in [0.05, 0.1) is 11.1 Å². The van der Waals surface area contributed by atoms with Gasteiger partial charge in [0.1, 0.15) is 0 Å². The van der Waals surface area contributed by atoms with Gasteiger partial charge < -0.3 is 87.0 Å². The van der Waals surface area contributed by atoms with E-state index in [0.717, 1.165) is 0 Å². The fourth-order valence-electron chi connectivity index (χ4n) is 7.23. The smallest absolute Gasteiger partial charge is 0.394 e. The summed E-state index contributed by atoms with van der Waals surface area (Å²) in [5.74, 6) is -1.69. The van der Waals surface area contributed by atoms with Gasteiger partial charge in [-0.2, -0.15) is 0 Å². The average molecular weight is 1500 g/mol. The number of halogens is 7. The maximum Gasteiger partial charge on any atom is 0.651 e. The Morgan fingerprint density at radius 3 is 0.727 bits per heavy atom. The summed E-state index contributed by atoms with van der Waals surface area (Å²) in [4.78, 5) is 25.9. The second-order valence-corrected chi connectivity index (χ2v) is 83.3. The highest BCUT2D eigenvalue weighted by Gasteiger charge is 2.92. The molecule has 0 radical (unpaired) electrons. The van der Waals surface area contributed by atoms with Gasteiger partial charge in [0.15, 0.2) is 58.2 Å². The molecule has 7 aliphatic heterocycles. The number of ether oxygens (including phenoxy) is 1. The Balaban J connectivity index is 1.71. The van der Waals surface area contributed by atoms with Gasteiger partial charge >= 0.3 is 84.3 Å². The summed E-state index contributed by atoms with van der Waals surface area (Å²) in [6.45, 7) is 28.2. The molecular weight excluding hydrogens is 1440 g/mol. The molecule has 1 aromatic carbocycles. The monoisotopic (exact) mass is 1500 g/mol. The molecule has 6 fully saturated rings. The predicted octanol–water partition coefficient (Wildman–Crippen LogP) is 7.18. The Bertz CT molecular complexity index is 2240. The van der Waals surface area contributed by atoms with Gasteiger partial charge in [0.2, 0.25) is 8.32 Å². The second kappa shape index (κ2) is 22.9. The number of benzene rings is 1. The summed E-state index contributed by atoms with van der Waals surface area (Å²) in [7, 11) is -72.2. The first-order valence-electron chi connectivity index (χ1n) is 23.8. The van der Waals surface area contributed by atoms with Crippen LogP contribution < -0.4 is 5.19 Å². The minimum absolute atomic E-state index is 0.0196. The third-order valence-corrected chi connectivity index (χ3v) is 80.0. The van der Waals surface area contributed by atoms with Crippen molar-refractivity contribution in [1.29, 1.82) is 0 Å². The summed E-state index contributed by atoms with van der Waals surface area (Å²) in [5.41, 5.74) is -0.655. The Hall–Kier alpha value is 3.06. The zero-order chi connectivity index (χ0) is 57.8. The summed E-state index contributed by atoms with van der Waals surface area (Å²) >= 11 is 47.6. The van der Waals surface area contributed by atoms with Gasteiger partial charge in [-0.1, -0.05) is 6.07 Å². The van der Waals surface area contributed by atoms with Crippen LogP contribution in [0.2, 0.25) is 105 Å². The quantitative estimate of drug-likeness (QED) is 0.0432. The van der Waals surface area contributed by atoms with E-state index in [2.05, 4.69) is 0 Å². The van der Waals surface area contributed by atoms with E-state index in [1.54, 1.807) is 111 Å². The van der Waals surface area contributed by atoms with E-state index in [1.165, 1.54) is 12.1 Å². The third kappa shape index (κ3) is 15.3. The van der Waals surface area contributed by atoms with Crippen molar-refractivity contribution in [2.24, 2.45) is 0 Å². The molecule has 0 atom stereocenters. The number of esters is 2. The van der Waals surface area contributed by atoms with E-state index in [0.29, 0.717) is 5.19 Å². The van der Waals surface area contributed by atoms with Crippen LogP contribution in [0.1, 0.15) is 20.7 Å². The molecule has 0 amide bonds. The first-order chi connectivity index (χ1) is 35.0. The van der Waals surface area contributed by atoms with Gasteiger partial charge in [-0.3, -0.25) is 0 Å². The molecule has 8 rings (SSSR count). The minimum atomic E-state index is -5.71. The molecule has 0 spiro atoms. The van der Waals surface area contributed by atoms with Crippen LogP contribution in [0.4, 0.5) is 0 Å². The van der Waals surface area contributed by atoms with Crippen molar-refractivity contribution >= 4 is 237 Å². The molecule has 77 heavy (non-hydrogen) atoms. The summed E-state index contributed by atoms with van der Waals surface area (Å²) < 4.78 is 152. The van der Waals surface area contributed by atoms with Crippen molar-refractivity contribution in [3.63, 3.8) is 0 Å². The van der Waals surface area contributed by atoms with E-state index in [1.807, 2.05) is 0 Å². The highest BCUT2D eigenvalue weighted by Crippen LogP contribution is 2.53. The standard InChI is InChI=1S/C31H65Cl7O23Si16/c1-62(2,20-32)42-70-50-71(43-63(3,4)21-33)53-74(46-66(9,10)24-36)55-72(51-70,44-64(5,6)22-34)57-76(48-68(13,14)26-38)58-73(52-70,45-65(7,8)23-35)56-75(54-71,47-67(11,12)25-37)60-77(59-74,61-76)49-69(15,16)27-17-18-28-29(19-27)31(40)41-30(28)39/h17-19H,20-26H2,1-16H3. The zero-order valence-corrected chi connectivity index (χ0v) is 66.5. The van der Waals surface area contributed by atoms with Crippen molar-refractivity contribution in [3.8, 4) is 0 Å². The van der Waals surface area contributed by atoms with Crippen LogP contribution in [-0.4, -0.2) is 189 Å². The molecule has 8 bridgehead atoms. The minimum Gasteiger partial charge on any atom is -0.394 e. The molecule has 0 unspecified atom stereocenters. The summed E-state index contributed by atoms with van der Waals surface area (Å²) in [5, 5.41) is 0.394. The molecule has 7 heterocycles. The first-order valence-corrected chi connectivity index (χ1v) is 65.3. The number of cyclic esters (lactones) is 2. The van der Waals surface area contributed by atoms with E-state index >= 15 is 0 Å². The molecule has 0 N–H and O–H groups in total. The van der Waals surface area contributed by atoms with E-state index in [4.69, 9.17) is 168 Å². The maximum atomic E-state index is 13.2. The normalized spacial score (nSPS) is 34.1. The second-order valence-electron chi connectivity index (χ2n) is 23.2. The summed E-state index contributed by atoms with van der Waals surface area (Å²) in [6.07, 6.45) is 0. The van der Waals surface area contributed by atoms with Crippen LogP contribution in [0.15, 0.2) is 18.2 Å². The van der Waals surface area contributed by atoms with Crippen LogP contribution in [-0.2, 0) is 87.0 Å². The largest absolute Gasteiger partial charge is 0.651 e. The average Bonchev–Trinajstić information content (AvgIpc) is 3.53. The number of carbonyl (C=O) groups is 2. The lowest BCUT2D eigenvalue weighted by Gasteiger charge is -2.61. The number of carbonyl (C=O) groups excluding carboxylic acids is 2. The first kappa shape index (κ1) is 67.6. The molecule has 0 aliphatic carbocycles. The van der Waals surface area contributed by atoms with Crippen molar-refractivity contribution in [3.05, 3.63) is 29.3 Å². The van der Waals surface area contributed by atoms with Crippen molar-refractivity contribution in [1.82, 2.24) is 0 Å². The molecule has 46 heteroatoms. The molecule has 6 saturated heterocycles. The number of rotatable bonds is 24. The Labute approximate surface area is 501 Å². The van der Waals surface area contributed by atoms with Crippen LogP contribution >= 0.6 is 81.2 Å². The highest BCUT2D eigenvalue weighted by molar-refractivity contribution is 7.06. The lowest BCUT2D eigenvalue weighted by Crippen LogP contribution is -2.93. The Kier molecular flexibility index (Phi) is 20.1. The summed E-state index contributed by atoms with van der Waals surface area (Å²) in [6, 6.07) is 4.53. The SMILES string of the molecule is C[Si](C)(CCl)O[Si]12O[Si]3(O[Si](C)(C)CCl)O[Si]4(O[Si](C)(C)CCl)O[Si](O[Si](C)(C)CCl)(O1)O[Si]1(O[Si](C)(C)CCl)O[Si](O[Si](C)(C)CCl)(O2)O[Si](O[Si](C)(C)CCl)(O3)O[Si](O[Si](C)(C)c2ccc3c(c2)C(=O)OC3=O)(O4)O1. The fraction of sp³-hybridized carbons (Fsp3) is 0.742. The van der Waals surface area contributed by atoms with E-state index in [9.17, 15) is 9.59 Å². The molecular formula is C31H65Cl7O23Si16. The van der Waals surface area contributed by atoms with Gasteiger partial charge in [-0.25, -0.2) is 9.59 Å². The third-order valence-electron chi connectivity index (χ3n) is 10.8. The lowest BCUT2D eigenvalue weighted by molar-refractivity contribution is -0.129. The fourth-order valence-corrected chi connectivity index (χ4v) is 75.8. The van der Waals surface area contributed by atoms with Crippen molar-refractivity contribution < 1.29 is 96.6 Å².